The molecule has 0 spiro atoms. The van der Waals surface area contributed by atoms with E-state index in [2.05, 4.69) is 0 Å². The summed E-state index contributed by atoms with van der Waals surface area (Å²) in [5.41, 5.74) is 0. The van der Waals surface area contributed by atoms with Crippen LogP contribution in [0.15, 0.2) is 0 Å². The van der Waals surface area contributed by atoms with Crippen LogP contribution < -0.4 is 0 Å². The summed E-state index contributed by atoms with van der Waals surface area (Å²) < 4.78 is 40.5. The summed E-state index contributed by atoms with van der Waals surface area (Å²) >= 11 is 0. The van der Waals surface area contributed by atoms with Crippen LogP contribution in [0.1, 0.15) is 0 Å². The highest BCUT2D eigenvalue weighted by Gasteiger charge is 1.94. The lowest BCUT2D eigenvalue weighted by atomic mass is 10.8. The maximum Gasteiger partial charge on any atom is 0.152 e. The lowest BCUT2D eigenvalue weighted by Crippen LogP contribution is -2.14. The van der Waals surface area contributed by atoms with Crippen LogP contribution >= 0.6 is 0 Å². The van der Waals surface area contributed by atoms with Crippen molar-refractivity contribution in [2.45, 2.75) is 0 Å². The molecule has 0 amide bonds. The van der Waals surface area contributed by atoms with Crippen LogP contribution in [0.2, 0.25) is 0 Å². The molecule has 1 fully saturated rings. The first-order valence-electron chi connectivity index (χ1n) is 5.62. The Labute approximate surface area is 106 Å². The Morgan fingerprint density at radius 3 is 0.778 bits per heavy atom. The van der Waals surface area contributed by atoms with Gasteiger partial charge in [-0.1, -0.05) is 0 Å². The topological polar surface area (TPSA) is 73.8 Å². The fourth-order valence-electron chi connectivity index (χ4n) is 0.961. The summed E-state index contributed by atoms with van der Waals surface area (Å²) in [7, 11) is 0. The van der Waals surface area contributed by atoms with Crippen molar-refractivity contribution < 1.29 is 37.9 Å². The van der Waals surface area contributed by atoms with Crippen molar-refractivity contribution in [2.75, 3.05) is 67.2 Å². The Balaban J connectivity index is 2.00. The molecule has 0 aromatic heterocycles. The minimum Gasteiger partial charge on any atom is -0.353 e. The van der Waals surface area contributed by atoms with E-state index in [1.54, 1.807) is 0 Å². The molecule has 0 unspecified atom stereocenters. The summed E-state index contributed by atoms with van der Waals surface area (Å²) in [6.45, 7) is 2.52. The quantitative estimate of drug-likeness (QED) is 0.602. The Morgan fingerprint density at radius 1 is 0.278 bits per heavy atom. The first-order chi connectivity index (χ1) is 9.00. The third-order valence-corrected chi connectivity index (χ3v) is 1.74. The highest BCUT2D eigenvalue weighted by Crippen LogP contribution is 1.87. The van der Waals surface area contributed by atoms with Gasteiger partial charge in [0, 0.05) is 0 Å². The van der Waals surface area contributed by atoms with Crippen LogP contribution in [-0.2, 0) is 37.9 Å². The molecule has 0 aliphatic carbocycles. The fraction of sp³-hybridized carbons (Fsp3) is 1.00. The van der Waals surface area contributed by atoms with Gasteiger partial charge >= 0.3 is 0 Å². The van der Waals surface area contributed by atoms with E-state index in [-0.39, 0.29) is 40.8 Å². The number of hydrogen-bond acceptors (Lipinski definition) is 8. The number of rotatable bonds is 0. The van der Waals surface area contributed by atoms with E-state index in [1.807, 2.05) is 0 Å². The Kier molecular flexibility index (Phi) is 11.5. The van der Waals surface area contributed by atoms with E-state index in [1.165, 1.54) is 0 Å². The molecule has 0 aromatic rings. The van der Waals surface area contributed by atoms with E-state index in [4.69, 9.17) is 37.9 Å². The average molecular weight is 268 g/mol. The van der Waals surface area contributed by atoms with Gasteiger partial charge in [-0.25, -0.2) is 0 Å². The summed E-state index contributed by atoms with van der Waals surface area (Å²) in [6.07, 6.45) is 0. The first kappa shape index (κ1) is 15.7. The van der Waals surface area contributed by atoms with E-state index in [0.717, 1.165) is 0 Å². The standard InChI is InChI=1S/C10H20O8/c1-2-12-6-16-10-18-8-14-4-3-13-7-17-9-15-5-11-1/h1-10H2. The molecule has 0 N–H and O–H groups in total. The molecule has 0 radical (unpaired) electrons. The molecule has 0 bridgehead atoms. The van der Waals surface area contributed by atoms with Crippen molar-refractivity contribution in [1.29, 1.82) is 0 Å². The van der Waals surface area contributed by atoms with Crippen molar-refractivity contribution in [3.63, 3.8) is 0 Å². The van der Waals surface area contributed by atoms with Crippen LogP contribution in [0.4, 0.5) is 0 Å². The molecule has 8 nitrogen and oxygen atoms in total. The molecule has 1 rings (SSSR count). The zero-order valence-corrected chi connectivity index (χ0v) is 10.3. The van der Waals surface area contributed by atoms with Crippen molar-refractivity contribution in [2.24, 2.45) is 0 Å². The van der Waals surface area contributed by atoms with Gasteiger partial charge in [-0.3, -0.25) is 0 Å². The smallest absolute Gasteiger partial charge is 0.152 e. The van der Waals surface area contributed by atoms with E-state index in [0.29, 0.717) is 26.4 Å². The molecule has 1 saturated heterocycles. The molecule has 1 aliphatic rings. The molecule has 0 aromatic carbocycles. The van der Waals surface area contributed by atoms with Gasteiger partial charge in [0.1, 0.15) is 27.2 Å². The van der Waals surface area contributed by atoms with Gasteiger partial charge < -0.3 is 37.9 Å². The molecule has 1 heterocycles. The largest absolute Gasteiger partial charge is 0.353 e. The van der Waals surface area contributed by atoms with Crippen molar-refractivity contribution >= 4 is 0 Å². The molecular weight excluding hydrogens is 248 g/mol. The van der Waals surface area contributed by atoms with Crippen LogP contribution in [0.25, 0.3) is 0 Å². The average Bonchev–Trinajstić information content (AvgIpc) is 2.39. The number of hydrogen-bond donors (Lipinski definition) is 0. The lowest BCUT2D eigenvalue weighted by Gasteiger charge is -2.10. The number of ether oxygens (including phenoxy) is 8. The first-order valence-corrected chi connectivity index (χ1v) is 5.62. The minimum absolute atomic E-state index is 0.119. The van der Waals surface area contributed by atoms with Gasteiger partial charge in [0.2, 0.25) is 0 Å². The SMILES string of the molecule is C1COCOCOCOCCOCOCOCO1. The zero-order chi connectivity index (χ0) is 12.7. The summed E-state index contributed by atoms with van der Waals surface area (Å²) in [5.74, 6) is 0. The molecule has 18 heavy (non-hydrogen) atoms. The lowest BCUT2D eigenvalue weighted by molar-refractivity contribution is -0.197. The van der Waals surface area contributed by atoms with Gasteiger partial charge in [-0.05, 0) is 0 Å². The van der Waals surface area contributed by atoms with Crippen molar-refractivity contribution in [3.8, 4) is 0 Å². The van der Waals surface area contributed by atoms with Crippen LogP contribution in [0, 0.1) is 0 Å². The highest BCUT2D eigenvalue weighted by atomic mass is 16.8. The Hall–Kier alpha value is -0.320. The van der Waals surface area contributed by atoms with Crippen LogP contribution in [-0.4, -0.2) is 67.2 Å². The minimum atomic E-state index is 0.119. The maximum atomic E-state index is 5.10. The second kappa shape index (κ2) is 13.1. The van der Waals surface area contributed by atoms with Gasteiger partial charge in [-0.15, -0.1) is 0 Å². The molecule has 8 heteroatoms. The summed E-state index contributed by atoms with van der Waals surface area (Å²) in [5, 5.41) is 0. The van der Waals surface area contributed by atoms with Crippen LogP contribution in [0.3, 0.4) is 0 Å². The highest BCUT2D eigenvalue weighted by molar-refractivity contribution is 4.25. The van der Waals surface area contributed by atoms with E-state index in [9.17, 15) is 0 Å². The molecule has 108 valence electrons. The predicted molar refractivity (Wildman–Crippen MR) is 57.4 cm³/mol. The summed E-state index contributed by atoms with van der Waals surface area (Å²) in [6, 6.07) is 0. The van der Waals surface area contributed by atoms with Gasteiger partial charge in [0.05, 0.1) is 26.4 Å². The van der Waals surface area contributed by atoms with Gasteiger partial charge in [0.15, 0.2) is 13.6 Å². The second-order valence-corrected chi connectivity index (χ2v) is 3.16. The molecule has 1 aliphatic heterocycles. The monoisotopic (exact) mass is 268 g/mol. The molecule has 0 atom stereocenters. The summed E-state index contributed by atoms with van der Waals surface area (Å²) in [4.78, 5) is 0. The van der Waals surface area contributed by atoms with Crippen molar-refractivity contribution in [1.82, 2.24) is 0 Å². The Bertz CT molecular complexity index is 92.9. The van der Waals surface area contributed by atoms with Gasteiger partial charge in [0.25, 0.3) is 0 Å². The molecule has 0 saturated carbocycles. The van der Waals surface area contributed by atoms with E-state index < -0.39 is 0 Å². The Morgan fingerprint density at radius 2 is 0.500 bits per heavy atom. The van der Waals surface area contributed by atoms with Gasteiger partial charge in [-0.2, -0.15) is 0 Å². The third kappa shape index (κ3) is 10.8. The fourth-order valence-corrected chi connectivity index (χ4v) is 0.961. The second-order valence-electron chi connectivity index (χ2n) is 3.16. The van der Waals surface area contributed by atoms with Crippen molar-refractivity contribution in [3.05, 3.63) is 0 Å². The normalized spacial score (nSPS) is 24.0. The van der Waals surface area contributed by atoms with Crippen LogP contribution in [0.5, 0.6) is 0 Å². The zero-order valence-electron chi connectivity index (χ0n) is 10.3. The third-order valence-electron chi connectivity index (χ3n) is 1.74. The van der Waals surface area contributed by atoms with E-state index >= 15 is 0 Å². The predicted octanol–water partition coefficient (Wildman–Crippen LogP) is -0.122. The molecular formula is C10H20O8. The maximum absolute atomic E-state index is 5.10.